The van der Waals surface area contributed by atoms with Crippen LogP contribution in [-0.2, 0) is 14.3 Å². The molecule has 0 N–H and O–H groups in total. The summed E-state index contributed by atoms with van der Waals surface area (Å²) < 4.78 is 9.18. The zero-order valence-electron chi connectivity index (χ0n) is 4.59. The van der Waals surface area contributed by atoms with Crippen molar-refractivity contribution in [2.24, 2.45) is 0 Å². The number of carbonyl (C=O) groups excluding carboxylic acids is 1. The average molecular weight is 115 g/mol. The minimum Gasteiger partial charge on any atom is -0.456 e. The third kappa shape index (κ3) is 0.816. The predicted molar refractivity (Wildman–Crippen MR) is 25.8 cm³/mol. The largest absolute Gasteiger partial charge is 0.456 e. The van der Waals surface area contributed by atoms with Crippen molar-refractivity contribution in [2.75, 3.05) is 7.11 Å². The molecule has 1 fully saturated rings. The van der Waals surface area contributed by atoms with Crippen molar-refractivity contribution in [2.45, 2.75) is 12.5 Å². The molecule has 0 aromatic heterocycles. The molecule has 1 heterocycles. The lowest BCUT2D eigenvalue weighted by Gasteiger charge is -1.98. The number of hydrogen-bond acceptors (Lipinski definition) is 3. The molecule has 8 heavy (non-hydrogen) atoms. The van der Waals surface area contributed by atoms with E-state index >= 15 is 0 Å². The Morgan fingerprint density at radius 3 is 3.00 bits per heavy atom. The van der Waals surface area contributed by atoms with Crippen LogP contribution >= 0.6 is 0 Å². The Morgan fingerprint density at radius 2 is 2.75 bits per heavy atom. The third-order valence-corrected chi connectivity index (χ3v) is 1.06. The lowest BCUT2D eigenvalue weighted by molar-refractivity contribution is -0.144. The zero-order chi connectivity index (χ0) is 5.98. The van der Waals surface area contributed by atoms with Crippen molar-refractivity contribution in [1.82, 2.24) is 0 Å². The summed E-state index contributed by atoms with van der Waals surface area (Å²) in [6, 6.07) is 0. The van der Waals surface area contributed by atoms with E-state index in [4.69, 9.17) is 4.74 Å². The molecule has 0 saturated carbocycles. The molecular weight excluding hydrogens is 108 g/mol. The molecule has 1 aliphatic heterocycles. The first-order valence-corrected chi connectivity index (χ1v) is 2.39. The number of hydrogen-bond donors (Lipinski definition) is 0. The fraction of sp³-hybridized carbons (Fsp3) is 0.600. The Balaban J connectivity index is 2.42. The first-order valence-electron chi connectivity index (χ1n) is 2.39. The molecule has 45 valence electrons. The molecule has 0 bridgehead atoms. The van der Waals surface area contributed by atoms with Gasteiger partial charge in [0, 0.05) is 13.5 Å². The van der Waals surface area contributed by atoms with Gasteiger partial charge < -0.3 is 9.47 Å². The Hall–Kier alpha value is -0.570. The summed E-state index contributed by atoms with van der Waals surface area (Å²) in [5.41, 5.74) is 0. The minimum atomic E-state index is -0.352. The van der Waals surface area contributed by atoms with Crippen LogP contribution in [0.4, 0.5) is 0 Å². The number of ether oxygens (including phenoxy) is 2. The summed E-state index contributed by atoms with van der Waals surface area (Å²) in [6.45, 7) is 1.45. The maximum Gasteiger partial charge on any atom is 0.335 e. The Bertz CT molecular complexity index is 99.8. The highest BCUT2D eigenvalue weighted by Gasteiger charge is 2.25. The van der Waals surface area contributed by atoms with Crippen LogP contribution in [0.5, 0.6) is 0 Å². The van der Waals surface area contributed by atoms with E-state index in [2.05, 4.69) is 4.74 Å². The molecular formula is C5H7O3. The molecule has 1 atom stereocenters. The standard InChI is InChI=1S/C5H7O3/c1-7-4-2-3-8-5(4)6/h3-4H,2H2,1H3. The Morgan fingerprint density at radius 1 is 2.00 bits per heavy atom. The number of carbonyl (C=O) groups is 1. The zero-order valence-corrected chi connectivity index (χ0v) is 4.59. The van der Waals surface area contributed by atoms with Crippen molar-refractivity contribution >= 4 is 5.97 Å². The lowest BCUT2D eigenvalue weighted by atomic mass is 10.3. The predicted octanol–water partition coefficient (Wildman–Crippen LogP) is 0.110. The van der Waals surface area contributed by atoms with Crippen LogP contribution in [0.3, 0.4) is 0 Å². The Labute approximate surface area is 47.6 Å². The van der Waals surface area contributed by atoms with Crippen molar-refractivity contribution in [3.63, 3.8) is 0 Å². The van der Waals surface area contributed by atoms with Crippen LogP contribution in [0.15, 0.2) is 0 Å². The van der Waals surface area contributed by atoms with E-state index in [1.54, 1.807) is 0 Å². The third-order valence-electron chi connectivity index (χ3n) is 1.06. The first kappa shape index (κ1) is 5.56. The number of methoxy groups -OCH3 is 1. The minimum absolute atomic E-state index is 0.285. The monoisotopic (exact) mass is 115 g/mol. The van der Waals surface area contributed by atoms with Gasteiger partial charge in [0.25, 0.3) is 0 Å². The second-order valence-electron chi connectivity index (χ2n) is 1.56. The molecule has 1 unspecified atom stereocenters. The van der Waals surface area contributed by atoms with Crippen LogP contribution in [0.2, 0.25) is 0 Å². The number of esters is 1. The second-order valence-corrected chi connectivity index (χ2v) is 1.56. The van der Waals surface area contributed by atoms with Gasteiger partial charge in [0.15, 0.2) is 6.10 Å². The molecule has 1 rings (SSSR count). The maximum atomic E-state index is 10.4. The van der Waals surface area contributed by atoms with Crippen LogP contribution in [0.25, 0.3) is 0 Å². The van der Waals surface area contributed by atoms with Gasteiger partial charge >= 0.3 is 5.97 Å². The second kappa shape index (κ2) is 2.13. The van der Waals surface area contributed by atoms with Gasteiger partial charge in [-0.3, -0.25) is 0 Å². The van der Waals surface area contributed by atoms with E-state index in [-0.39, 0.29) is 12.1 Å². The smallest absolute Gasteiger partial charge is 0.335 e. The highest BCUT2D eigenvalue weighted by atomic mass is 16.6. The van der Waals surface area contributed by atoms with Crippen molar-refractivity contribution in [1.29, 1.82) is 0 Å². The normalized spacial score (nSPS) is 28.1. The van der Waals surface area contributed by atoms with Crippen LogP contribution in [0.1, 0.15) is 6.42 Å². The molecule has 0 aromatic carbocycles. The molecule has 3 nitrogen and oxygen atoms in total. The Kier molecular flexibility index (Phi) is 1.48. The SMILES string of the molecule is COC1C[CH]OC1=O. The highest BCUT2D eigenvalue weighted by Crippen LogP contribution is 2.11. The molecule has 1 saturated heterocycles. The highest BCUT2D eigenvalue weighted by molar-refractivity contribution is 5.77. The fourth-order valence-electron chi connectivity index (χ4n) is 0.582. The van der Waals surface area contributed by atoms with E-state index < -0.39 is 0 Å². The first-order chi connectivity index (χ1) is 3.84. The van der Waals surface area contributed by atoms with E-state index in [1.807, 2.05) is 0 Å². The summed E-state index contributed by atoms with van der Waals surface area (Å²) in [5, 5.41) is 0. The maximum absolute atomic E-state index is 10.4. The van der Waals surface area contributed by atoms with Crippen molar-refractivity contribution < 1.29 is 14.3 Å². The van der Waals surface area contributed by atoms with Gasteiger partial charge in [0.1, 0.15) is 6.61 Å². The van der Waals surface area contributed by atoms with Gasteiger partial charge in [-0.25, -0.2) is 4.79 Å². The molecule has 3 heteroatoms. The van der Waals surface area contributed by atoms with Crippen LogP contribution in [0, 0.1) is 6.61 Å². The molecule has 1 radical (unpaired) electrons. The summed E-state index contributed by atoms with van der Waals surface area (Å²) >= 11 is 0. The van der Waals surface area contributed by atoms with Gasteiger partial charge in [0.05, 0.1) is 0 Å². The van der Waals surface area contributed by atoms with Crippen LogP contribution < -0.4 is 0 Å². The topological polar surface area (TPSA) is 35.5 Å². The lowest BCUT2D eigenvalue weighted by Crippen LogP contribution is -2.15. The summed E-state index contributed by atoms with van der Waals surface area (Å²) in [4.78, 5) is 10.4. The molecule has 0 amide bonds. The molecule has 0 spiro atoms. The van der Waals surface area contributed by atoms with E-state index in [0.717, 1.165) is 0 Å². The van der Waals surface area contributed by atoms with Crippen molar-refractivity contribution in [3.05, 3.63) is 6.61 Å². The van der Waals surface area contributed by atoms with Crippen molar-refractivity contribution in [3.8, 4) is 0 Å². The number of cyclic esters (lactones) is 1. The number of rotatable bonds is 1. The average Bonchev–Trinajstić information content (AvgIpc) is 2.14. The quantitative estimate of drug-likeness (QED) is 0.455. The van der Waals surface area contributed by atoms with Gasteiger partial charge in [-0.05, 0) is 0 Å². The van der Waals surface area contributed by atoms with Gasteiger partial charge in [-0.15, -0.1) is 0 Å². The summed E-state index contributed by atoms with van der Waals surface area (Å²) in [7, 11) is 1.49. The van der Waals surface area contributed by atoms with Gasteiger partial charge in [-0.1, -0.05) is 0 Å². The molecule has 0 aliphatic carbocycles. The van der Waals surface area contributed by atoms with Gasteiger partial charge in [0.2, 0.25) is 0 Å². The summed E-state index contributed by atoms with van der Waals surface area (Å²) in [5.74, 6) is -0.285. The van der Waals surface area contributed by atoms with E-state index in [0.29, 0.717) is 6.42 Å². The fourth-order valence-corrected chi connectivity index (χ4v) is 0.582. The molecule has 0 aromatic rings. The van der Waals surface area contributed by atoms with Gasteiger partial charge in [-0.2, -0.15) is 0 Å². The van der Waals surface area contributed by atoms with E-state index in [1.165, 1.54) is 13.7 Å². The van der Waals surface area contributed by atoms with Crippen LogP contribution in [-0.4, -0.2) is 19.2 Å². The molecule has 1 aliphatic rings. The van der Waals surface area contributed by atoms with E-state index in [9.17, 15) is 4.79 Å². The summed E-state index contributed by atoms with van der Waals surface area (Å²) in [6.07, 6.45) is 0.227.